The van der Waals surface area contributed by atoms with E-state index in [1.807, 2.05) is 47.1 Å². The minimum Gasteiger partial charge on any atom is -0.495 e. The molecule has 0 saturated carbocycles. The van der Waals surface area contributed by atoms with E-state index in [0.717, 1.165) is 54.5 Å². The number of amides is 1. The molecule has 0 bridgehead atoms. The van der Waals surface area contributed by atoms with E-state index in [2.05, 4.69) is 29.4 Å². The van der Waals surface area contributed by atoms with E-state index < -0.39 is 0 Å². The summed E-state index contributed by atoms with van der Waals surface area (Å²) in [6.07, 6.45) is 2.57. The summed E-state index contributed by atoms with van der Waals surface area (Å²) in [6.45, 7) is 6.86. The molecule has 2 aliphatic heterocycles. The maximum Gasteiger partial charge on any atom is 0.256 e. The second-order valence-electron chi connectivity index (χ2n) is 11.5. The highest BCUT2D eigenvalue weighted by Crippen LogP contribution is 2.47. The Kier molecular flexibility index (Phi) is 8.91. The molecule has 0 radical (unpaired) electrons. The molecule has 2 N–H and O–H groups in total. The van der Waals surface area contributed by atoms with Crippen LogP contribution in [0.1, 0.15) is 49.7 Å². The maximum atomic E-state index is 13.5. The number of hydrogen-bond donors (Lipinski definition) is 2. The minimum absolute atomic E-state index is 0.234. The van der Waals surface area contributed by atoms with Crippen molar-refractivity contribution in [2.45, 2.75) is 51.4 Å². The van der Waals surface area contributed by atoms with Crippen LogP contribution in [0.4, 0.5) is 11.5 Å². The Labute approximate surface area is 267 Å². The second kappa shape index (κ2) is 12.9. The number of aromatic nitrogens is 2. The van der Waals surface area contributed by atoms with E-state index >= 15 is 0 Å². The van der Waals surface area contributed by atoms with E-state index in [4.69, 9.17) is 42.5 Å². The SMILES string of the molecule is COc1cc(OC)c(Cl)c(-c2ccc3c(NC(=O)c4ccc(N5C[C@@H](C)N[C@@H](C)C5)cc4)nn(C4CCCCO4)c3c2)c1Cl. The molecular formula is C33H37Cl2N5O4. The largest absolute Gasteiger partial charge is 0.495 e. The van der Waals surface area contributed by atoms with E-state index in [1.54, 1.807) is 20.3 Å². The van der Waals surface area contributed by atoms with Crippen molar-refractivity contribution < 1.29 is 19.0 Å². The van der Waals surface area contributed by atoms with Crippen LogP contribution in [0.3, 0.4) is 0 Å². The molecular weight excluding hydrogens is 601 g/mol. The third kappa shape index (κ3) is 5.94. The first-order valence-corrected chi connectivity index (χ1v) is 15.7. The molecule has 232 valence electrons. The molecule has 44 heavy (non-hydrogen) atoms. The minimum atomic E-state index is -0.263. The number of anilines is 2. The monoisotopic (exact) mass is 637 g/mol. The molecule has 0 spiro atoms. The fraction of sp³-hybridized carbons (Fsp3) is 0.394. The van der Waals surface area contributed by atoms with E-state index in [1.165, 1.54) is 0 Å². The van der Waals surface area contributed by atoms with Gasteiger partial charge in [0.25, 0.3) is 5.91 Å². The zero-order valence-electron chi connectivity index (χ0n) is 25.3. The quantitative estimate of drug-likeness (QED) is 0.222. The highest BCUT2D eigenvalue weighted by atomic mass is 35.5. The molecule has 2 fully saturated rings. The Morgan fingerprint density at radius 1 is 0.977 bits per heavy atom. The highest BCUT2D eigenvalue weighted by Gasteiger charge is 2.25. The second-order valence-corrected chi connectivity index (χ2v) is 12.3. The zero-order chi connectivity index (χ0) is 31.0. The first-order chi connectivity index (χ1) is 21.3. The molecule has 11 heteroatoms. The summed E-state index contributed by atoms with van der Waals surface area (Å²) in [5, 5.41) is 13.0. The third-order valence-corrected chi connectivity index (χ3v) is 9.03. The third-order valence-electron chi connectivity index (χ3n) is 8.28. The fourth-order valence-corrected chi connectivity index (χ4v) is 6.92. The molecule has 1 aromatic heterocycles. The number of fused-ring (bicyclic) bond motifs is 1. The number of rotatable bonds is 7. The van der Waals surface area contributed by atoms with Crippen molar-refractivity contribution >= 4 is 51.5 Å². The predicted octanol–water partition coefficient (Wildman–Crippen LogP) is 7.17. The van der Waals surface area contributed by atoms with Gasteiger partial charge in [0.2, 0.25) is 0 Å². The molecule has 1 amide bonds. The van der Waals surface area contributed by atoms with Gasteiger partial charge in [-0.1, -0.05) is 29.3 Å². The fourth-order valence-electron chi connectivity index (χ4n) is 6.20. The molecule has 3 atom stereocenters. The standard InChI is InChI=1S/C33H37Cl2N5O4/c1-19-17-39(18-20(2)36-19)23-11-8-21(9-12-23)33(41)37-32-24-13-10-22(15-25(24)40(38-32)28-7-5-6-14-44-28)29-30(34)26(42-3)16-27(43-4)31(29)35/h8-13,15-16,19-20,28,36H,5-7,14,17-18H2,1-4H3,(H,37,38,41)/t19-,20+,28?. The molecule has 4 aromatic rings. The number of carbonyl (C=O) groups is 1. The van der Waals surface area contributed by atoms with Gasteiger partial charge >= 0.3 is 0 Å². The maximum absolute atomic E-state index is 13.5. The van der Waals surface area contributed by atoms with Gasteiger partial charge in [0, 0.05) is 60.0 Å². The molecule has 3 aromatic carbocycles. The van der Waals surface area contributed by atoms with Crippen molar-refractivity contribution in [2.75, 3.05) is 44.1 Å². The van der Waals surface area contributed by atoms with Gasteiger partial charge in [-0.3, -0.25) is 4.79 Å². The van der Waals surface area contributed by atoms with Crippen LogP contribution < -0.4 is 25.0 Å². The summed E-state index contributed by atoms with van der Waals surface area (Å²) in [6, 6.07) is 16.0. The molecule has 2 aliphatic rings. The van der Waals surface area contributed by atoms with Crippen LogP contribution in [0.5, 0.6) is 11.5 Å². The molecule has 3 heterocycles. The van der Waals surface area contributed by atoms with Crippen molar-refractivity contribution in [1.82, 2.24) is 15.1 Å². The Morgan fingerprint density at radius 3 is 2.27 bits per heavy atom. The van der Waals surface area contributed by atoms with Crippen molar-refractivity contribution in [3.8, 4) is 22.6 Å². The van der Waals surface area contributed by atoms with Crippen LogP contribution in [0.15, 0.2) is 48.5 Å². The van der Waals surface area contributed by atoms with Gasteiger partial charge < -0.3 is 29.7 Å². The van der Waals surface area contributed by atoms with Gasteiger partial charge in [-0.2, -0.15) is 5.10 Å². The van der Waals surface area contributed by atoms with Crippen molar-refractivity contribution in [1.29, 1.82) is 0 Å². The Hall–Kier alpha value is -3.50. The zero-order valence-corrected chi connectivity index (χ0v) is 26.8. The lowest BCUT2D eigenvalue weighted by molar-refractivity contribution is -0.0365. The van der Waals surface area contributed by atoms with Crippen molar-refractivity contribution in [3.63, 3.8) is 0 Å². The van der Waals surface area contributed by atoms with Gasteiger partial charge in [-0.25, -0.2) is 4.68 Å². The smallest absolute Gasteiger partial charge is 0.256 e. The van der Waals surface area contributed by atoms with Crippen LogP contribution in [0.2, 0.25) is 10.0 Å². The predicted molar refractivity (Wildman–Crippen MR) is 176 cm³/mol. The van der Waals surface area contributed by atoms with Crippen LogP contribution in [0, 0.1) is 0 Å². The number of nitrogens with one attached hydrogen (secondary N) is 2. The average molecular weight is 639 g/mol. The molecule has 1 unspecified atom stereocenters. The summed E-state index contributed by atoms with van der Waals surface area (Å²) in [7, 11) is 3.09. The van der Waals surface area contributed by atoms with E-state index in [-0.39, 0.29) is 12.1 Å². The van der Waals surface area contributed by atoms with Crippen LogP contribution in [0.25, 0.3) is 22.0 Å². The molecule has 9 nitrogen and oxygen atoms in total. The summed E-state index contributed by atoms with van der Waals surface area (Å²) in [5.74, 6) is 1.13. The number of halogens is 2. The van der Waals surface area contributed by atoms with Crippen LogP contribution in [-0.2, 0) is 4.74 Å². The van der Waals surface area contributed by atoms with Crippen molar-refractivity contribution in [3.05, 3.63) is 64.1 Å². The summed E-state index contributed by atoms with van der Waals surface area (Å²) in [5.41, 5.74) is 3.79. The van der Waals surface area contributed by atoms with Gasteiger partial charge in [0.15, 0.2) is 12.0 Å². The Morgan fingerprint density at radius 2 is 1.66 bits per heavy atom. The van der Waals surface area contributed by atoms with Gasteiger partial charge in [-0.05, 0) is 75.1 Å². The van der Waals surface area contributed by atoms with E-state index in [0.29, 0.717) is 57.2 Å². The topological polar surface area (TPSA) is 89.9 Å². The summed E-state index contributed by atoms with van der Waals surface area (Å²) in [4.78, 5) is 15.8. The Bertz CT molecular complexity index is 1630. The normalized spacial score (nSPS) is 20.5. The van der Waals surface area contributed by atoms with E-state index in [9.17, 15) is 4.79 Å². The lowest BCUT2D eigenvalue weighted by Gasteiger charge is -2.37. The Balaban J connectivity index is 1.34. The van der Waals surface area contributed by atoms with Crippen molar-refractivity contribution in [2.24, 2.45) is 0 Å². The number of carbonyl (C=O) groups excluding carboxylic acids is 1. The number of methoxy groups -OCH3 is 2. The van der Waals surface area contributed by atoms with Gasteiger partial charge in [0.1, 0.15) is 11.5 Å². The van der Waals surface area contributed by atoms with Gasteiger partial charge in [-0.15, -0.1) is 0 Å². The highest BCUT2D eigenvalue weighted by molar-refractivity contribution is 6.41. The first kappa shape index (κ1) is 30.5. The van der Waals surface area contributed by atoms with Gasteiger partial charge in [0.05, 0.1) is 29.8 Å². The van der Waals surface area contributed by atoms with Crippen LogP contribution in [-0.4, -0.2) is 61.7 Å². The first-order valence-electron chi connectivity index (χ1n) is 14.9. The lowest BCUT2D eigenvalue weighted by atomic mass is 10.0. The van der Waals surface area contributed by atoms with Crippen LogP contribution >= 0.6 is 23.2 Å². The number of nitrogens with zero attached hydrogens (tertiary/aromatic N) is 3. The number of piperazine rings is 1. The molecule has 0 aliphatic carbocycles. The number of hydrogen-bond acceptors (Lipinski definition) is 7. The lowest BCUT2D eigenvalue weighted by Crippen LogP contribution is -2.54. The number of ether oxygens (including phenoxy) is 3. The molecule has 2 saturated heterocycles. The summed E-state index contributed by atoms with van der Waals surface area (Å²) >= 11 is 13.5. The summed E-state index contributed by atoms with van der Waals surface area (Å²) < 4.78 is 18.9. The number of benzene rings is 3. The average Bonchev–Trinajstić information content (AvgIpc) is 3.38. The molecule has 6 rings (SSSR count).